The molecule has 0 aromatic carbocycles. The topological polar surface area (TPSA) is 43.6 Å². The van der Waals surface area contributed by atoms with E-state index in [1.807, 2.05) is 0 Å². The van der Waals surface area contributed by atoms with Crippen LogP contribution in [0.1, 0.15) is 43.3 Å². The van der Waals surface area contributed by atoms with E-state index in [4.69, 9.17) is 13.9 Å². The molecule has 108 valence electrons. The first kappa shape index (κ1) is 14.6. The molecule has 1 aromatic rings. The standard InChI is InChI=1S/C15H25NO3/c1-3-6-17-7-8-18-11-14-9-12(2)15(19-14)10-16-13-4-5-13/h9,13,16H,3-8,10-11H2,1-2H3. The van der Waals surface area contributed by atoms with Gasteiger partial charge in [0.1, 0.15) is 18.1 Å². The average molecular weight is 267 g/mol. The number of aryl methyl sites for hydroxylation is 1. The Morgan fingerprint density at radius 1 is 1.26 bits per heavy atom. The number of hydrogen-bond acceptors (Lipinski definition) is 4. The predicted octanol–water partition coefficient (Wildman–Crippen LogP) is 2.78. The van der Waals surface area contributed by atoms with E-state index < -0.39 is 0 Å². The fraction of sp³-hybridized carbons (Fsp3) is 0.733. The largest absolute Gasteiger partial charge is 0.462 e. The summed E-state index contributed by atoms with van der Waals surface area (Å²) >= 11 is 0. The van der Waals surface area contributed by atoms with Gasteiger partial charge in [0.25, 0.3) is 0 Å². The second-order valence-corrected chi connectivity index (χ2v) is 5.14. The zero-order valence-electron chi connectivity index (χ0n) is 12.0. The molecular formula is C15H25NO3. The maximum atomic E-state index is 5.79. The first-order valence-corrected chi connectivity index (χ1v) is 7.26. The van der Waals surface area contributed by atoms with Crippen LogP contribution in [0.4, 0.5) is 0 Å². The van der Waals surface area contributed by atoms with Crippen LogP contribution < -0.4 is 5.32 Å². The van der Waals surface area contributed by atoms with Gasteiger partial charge in [-0.25, -0.2) is 0 Å². The molecule has 0 bridgehead atoms. The van der Waals surface area contributed by atoms with E-state index in [0.717, 1.165) is 31.1 Å². The second-order valence-electron chi connectivity index (χ2n) is 5.14. The maximum absolute atomic E-state index is 5.79. The van der Waals surface area contributed by atoms with Crippen molar-refractivity contribution in [2.24, 2.45) is 0 Å². The van der Waals surface area contributed by atoms with Crippen molar-refractivity contribution in [1.29, 1.82) is 0 Å². The van der Waals surface area contributed by atoms with Crippen molar-refractivity contribution < 1.29 is 13.9 Å². The van der Waals surface area contributed by atoms with Gasteiger partial charge in [-0.15, -0.1) is 0 Å². The molecule has 2 rings (SSSR count). The molecule has 0 unspecified atom stereocenters. The third-order valence-electron chi connectivity index (χ3n) is 3.17. The van der Waals surface area contributed by atoms with Gasteiger partial charge in [-0.05, 0) is 37.8 Å². The third-order valence-corrected chi connectivity index (χ3v) is 3.17. The van der Waals surface area contributed by atoms with Crippen molar-refractivity contribution in [2.45, 2.75) is 52.3 Å². The SMILES string of the molecule is CCCOCCOCc1cc(C)c(CNC2CC2)o1. The van der Waals surface area contributed by atoms with Gasteiger partial charge in [0.15, 0.2) is 0 Å². The molecule has 4 heteroatoms. The summed E-state index contributed by atoms with van der Waals surface area (Å²) in [5.74, 6) is 1.94. The highest BCUT2D eigenvalue weighted by Crippen LogP contribution is 2.21. The highest BCUT2D eigenvalue weighted by Gasteiger charge is 2.21. The molecule has 1 aliphatic carbocycles. The third kappa shape index (κ3) is 5.35. The van der Waals surface area contributed by atoms with Gasteiger partial charge in [0.05, 0.1) is 19.8 Å². The van der Waals surface area contributed by atoms with E-state index in [-0.39, 0.29) is 0 Å². The van der Waals surface area contributed by atoms with Crippen LogP contribution in [0.3, 0.4) is 0 Å². The summed E-state index contributed by atoms with van der Waals surface area (Å²) in [5, 5.41) is 3.46. The molecule has 1 fully saturated rings. The molecule has 1 saturated carbocycles. The Bertz CT molecular complexity index is 371. The lowest BCUT2D eigenvalue weighted by atomic mass is 10.2. The van der Waals surface area contributed by atoms with Gasteiger partial charge >= 0.3 is 0 Å². The zero-order valence-corrected chi connectivity index (χ0v) is 12.0. The summed E-state index contributed by atoms with van der Waals surface area (Å²) in [6.07, 6.45) is 3.65. The van der Waals surface area contributed by atoms with E-state index in [2.05, 4.69) is 25.2 Å². The van der Waals surface area contributed by atoms with E-state index in [1.165, 1.54) is 18.4 Å². The number of furan rings is 1. The minimum atomic E-state index is 0.528. The van der Waals surface area contributed by atoms with Gasteiger partial charge < -0.3 is 19.2 Å². The number of rotatable bonds is 10. The molecule has 1 aromatic heterocycles. The van der Waals surface area contributed by atoms with Crippen LogP contribution in [-0.4, -0.2) is 25.9 Å². The lowest BCUT2D eigenvalue weighted by Gasteiger charge is -2.03. The summed E-state index contributed by atoms with van der Waals surface area (Å²) in [5.41, 5.74) is 1.20. The molecule has 4 nitrogen and oxygen atoms in total. The van der Waals surface area contributed by atoms with Gasteiger partial charge in [0.2, 0.25) is 0 Å². The van der Waals surface area contributed by atoms with Gasteiger partial charge in [0, 0.05) is 12.6 Å². The normalized spacial score (nSPS) is 15.1. The summed E-state index contributed by atoms with van der Waals surface area (Å²) in [7, 11) is 0. The van der Waals surface area contributed by atoms with E-state index in [1.54, 1.807) is 0 Å². The van der Waals surface area contributed by atoms with Crippen LogP contribution in [0, 0.1) is 6.92 Å². The molecule has 0 amide bonds. The lowest BCUT2D eigenvalue weighted by Crippen LogP contribution is -2.15. The van der Waals surface area contributed by atoms with Crippen molar-refractivity contribution >= 4 is 0 Å². The Labute approximate surface area is 115 Å². The van der Waals surface area contributed by atoms with Gasteiger partial charge in [-0.2, -0.15) is 0 Å². The molecule has 0 saturated heterocycles. The number of nitrogens with one attached hydrogen (secondary N) is 1. The molecule has 1 aliphatic rings. The minimum absolute atomic E-state index is 0.528. The predicted molar refractivity (Wildman–Crippen MR) is 74.1 cm³/mol. The smallest absolute Gasteiger partial charge is 0.130 e. The Morgan fingerprint density at radius 3 is 2.79 bits per heavy atom. The number of ether oxygens (including phenoxy) is 2. The maximum Gasteiger partial charge on any atom is 0.130 e. The van der Waals surface area contributed by atoms with E-state index in [0.29, 0.717) is 25.9 Å². The van der Waals surface area contributed by atoms with E-state index >= 15 is 0 Å². The summed E-state index contributed by atoms with van der Waals surface area (Å²) in [4.78, 5) is 0. The highest BCUT2D eigenvalue weighted by atomic mass is 16.5. The quantitative estimate of drug-likeness (QED) is 0.662. The Balaban J connectivity index is 1.64. The molecule has 1 N–H and O–H groups in total. The first-order valence-electron chi connectivity index (χ1n) is 7.26. The molecule has 0 atom stereocenters. The van der Waals surface area contributed by atoms with Crippen LogP contribution in [0.2, 0.25) is 0 Å². The van der Waals surface area contributed by atoms with Crippen LogP contribution in [0.5, 0.6) is 0 Å². The fourth-order valence-corrected chi connectivity index (χ4v) is 1.90. The fourth-order valence-electron chi connectivity index (χ4n) is 1.90. The second kappa shape index (κ2) is 7.68. The zero-order chi connectivity index (χ0) is 13.5. The molecule has 19 heavy (non-hydrogen) atoms. The highest BCUT2D eigenvalue weighted by molar-refractivity contribution is 5.19. The monoisotopic (exact) mass is 267 g/mol. The first-order chi connectivity index (χ1) is 9.29. The van der Waals surface area contributed by atoms with Crippen molar-refractivity contribution in [3.63, 3.8) is 0 Å². The molecular weight excluding hydrogens is 242 g/mol. The van der Waals surface area contributed by atoms with Crippen molar-refractivity contribution in [3.8, 4) is 0 Å². The van der Waals surface area contributed by atoms with Gasteiger partial charge in [-0.1, -0.05) is 6.92 Å². The summed E-state index contributed by atoms with van der Waals surface area (Å²) < 4.78 is 16.7. The Kier molecular flexibility index (Phi) is 5.89. The number of hydrogen-bond donors (Lipinski definition) is 1. The van der Waals surface area contributed by atoms with Crippen LogP contribution in [0.25, 0.3) is 0 Å². The molecule has 0 aliphatic heterocycles. The van der Waals surface area contributed by atoms with Crippen molar-refractivity contribution in [3.05, 3.63) is 23.2 Å². The molecule has 0 spiro atoms. The minimum Gasteiger partial charge on any atom is -0.462 e. The van der Waals surface area contributed by atoms with Crippen LogP contribution in [0.15, 0.2) is 10.5 Å². The van der Waals surface area contributed by atoms with Crippen molar-refractivity contribution in [2.75, 3.05) is 19.8 Å². The van der Waals surface area contributed by atoms with Crippen LogP contribution >= 0.6 is 0 Å². The Hall–Kier alpha value is -0.840. The van der Waals surface area contributed by atoms with Crippen LogP contribution in [-0.2, 0) is 22.6 Å². The lowest BCUT2D eigenvalue weighted by molar-refractivity contribution is 0.0347. The van der Waals surface area contributed by atoms with Crippen molar-refractivity contribution in [1.82, 2.24) is 5.32 Å². The molecule has 1 heterocycles. The summed E-state index contributed by atoms with van der Waals surface area (Å²) in [6.45, 7) is 7.63. The van der Waals surface area contributed by atoms with E-state index in [9.17, 15) is 0 Å². The average Bonchev–Trinajstić information content (AvgIpc) is 3.16. The Morgan fingerprint density at radius 2 is 2.05 bits per heavy atom. The molecule has 0 radical (unpaired) electrons. The summed E-state index contributed by atoms with van der Waals surface area (Å²) in [6, 6.07) is 2.77. The van der Waals surface area contributed by atoms with Gasteiger partial charge in [-0.3, -0.25) is 0 Å².